The number of hydrogen-bond donors (Lipinski definition) is 1. The van der Waals surface area contributed by atoms with Gasteiger partial charge in [0.1, 0.15) is 4.92 Å². The van der Waals surface area contributed by atoms with Gasteiger partial charge in [-0.05, 0) is 18.9 Å². The van der Waals surface area contributed by atoms with Gasteiger partial charge in [-0.25, -0.2) is 0 Å². The van der Waals surface area contributed by atoms with Crippen LogP contribution in [0.1, 0.15) is 36.2 Å². The largest absolute Gasteiger partial charge is 0.433 e. The lowest BCUT2D eigenvalue weighted by molar-refractivity contribution is -0.402. The van der Waals surface area contributed by atoms with Crippen LogP contribution < -0.4 is 5.32 Å². The van der Waals surface area contributed by atoms with Crippen LogP contribution in [0, 0.1) is 10.1 Å². The van der Waals surface area contributed by atoms with E-state index in [1.807, 2.05) is 0 Å². The van der Waals surface area contributed by atoms with Crippen molar-refractivity contribution in [2.24, 2.45) is 0 Å². The lowest BCUT2D eigenvalue weighted by Crippen LogP contribution is -2.23. The highest BCUT2D eigenvalue weighted by molar-refractivity contribution is 9.09. The number of furan rings is 1. The van der Waals surface area contributed by atoms with Gasteiger partial charge in [-0.15, -0.1) is 0 Å². The SMILES string of the molecule is O=C(NCCCCCCBr)c1ccc([N+](=O)[O-])o1. The molecule has 0 bridgehead atoms. The van der Waals surface area contributed by atoms with E-state index >= 15 is 0 Å². The Bertz CT molecular complexity index is 406. The smallest absolute Gasteiger partial charge is 0.395 e. The third-order valence-corrected chi connectivity index (χ3v) is 2.90. The van der Waals surface area contributed by atoms with Crippen molar-refractivity contribution in [2.45, 2.75) is 25.7 Å². The molecule has 1 aromatic rings. The Morgan fingerprint density at radius 1 is 1.33 bits per heavy atom. The molecule has 0 aromatic carbocycles. The van der Waals surface area contributed by atoms with Crippen LogP contribution in [0.5, 0.6) is 0 Å². The van der Waals surface area contributed by atoms with Gasteiger partial charge in [-0.3, -0.25) is 14.9 Å². The molecule has 6 nitrogen and oxygen atoms in total. The number of carbonyl (C=O) groups is 1. The highest BCUT2D eigenvalue weighted by atomic mass is 79.9. The van der Waals surface area contributed by atoms with Crippen molar-refractivity contribution in [1.82, 2.24) is 5.32 Å². The Morgan fingerprint density at radius 2 is 2.06 bits per heavy atom. The number of alkyl halides is 1. The molecular formula is C11H15BrN2O4. The minimum absolute atomic E-state index is 0.0258. The van der Waals surface area contributed by atoms with E-state index in [1.165, 1.54) is 12.1 Å². The zero-order valence-corrected chi connectivity index (χ0v) is 11.4. The second-order valence-corrected chi connectivity index (χ2v) is 4.55. The minimum atomic E-state index is -0.670. The van der Waals surface area contributed by atoms with Crippen LogP contribution in [-0.2, 0) is 0 Å². The summed E-state index contributed by atoms with van der Waals surface area (Å²) >= 11 is 3.35. The molecule has 7 heteroatoms. The number of halogens is 1. The number of nitrogens with one attached hydrogen (secondary N) is 1. The number of nitrogens with zero attached hydrogens (tertiary/aromatic N) is 1. The maximum absolute atomic E-state index is 11.5. The number of unbranched alkanes of at least 4 members (excludes halogenated alkanes) is 3. The molecule has 0 radical (unpaired) electrons. The molecule has 0 aliphatic rings. The van der Waals surface area contributed by atoms with Crippen molar-refractivity contribution < 1.29 is 14.1 Å². The summed E-state index contributed by atoms with van der Waals surface area (Å²) in [6.45, 7) is 0.551. The maximum atomic E-state index is 11.5. The summed E-state index contributed by atoms with van der Waals surface area (Å²) in [5.41, 5.74) is 0. The second kappa shape index (κ2) is 7.86. The van der Waals surface area contributed by atoms with Crippen molar-refractivity contribution in [3.8, 4) is 0 Å². The fourth-order valence-electron chi connectivity index (χ4n) is 1.41. The van der Waals surface area contributed by atoms with E-state index in [-0.39, 0.29) is 5.76 Å². The molecule has 0 saturated carbocycles. The zero-order valence-electron chi connectivity index (χ0n) is 9.86. The summed E-state index contributed by atoms with van der Waals surface area (Å²) in [6, 6.07) is 2.48. The molecule has 0 aliphatic heterocycles. The van der Waals surface area contributed by atoms with Gasteiger partial charge in [0, 0.05) is 11.9 Å². The molecule has 1 aromatic heterocycles. The third kappa shape index (κ3) is 4.87. The van der Waals surface area contributed by atoms with E-state index in [0.29, 0.717) is 6.54 Å². The lowest BCUT2D eigenvalue weighted by atomic mass is 10.2. The van der Waals surface area contributed by atoms with E-state index in [0.717, 1.165) is 31.0 Å². The number of amides is 1. The van der Waals surface area contributed by atoms with Crippen LogP contribution in [0.3, 0.4) is 0 Å². The van der Waals surface area contributed by atoms with E-state index in [2.05, 4.69) is 21.2 Å². The molecule has 0 unspecified atom stereocenters. The van der Waals surface area contributed by atoms with Crippen LogP contribution >= 0.6 is 15.9 Å². The van der Waals surface area contributed by atoms with Gasteiger partial charge in [0.15, 0.2) is 5.76 Å². The third-order valence-electron chi connectivity index (χ3n) is 2.34. The van der Waals surface area contributed by atoms with Gasteiger partial charge in [-0.1, -0.05) is 28.8 Å². The topological polar surface area (TPSA) is 85.4 Å². The summed E-state index contributed by atoms with van der Waals surface area (Å²) in [4.78, 5) is 21.2. The molecule has 1 rings (SSSR count). The molecule has 0 saturated heterocycles. The van der Waals surface area contributed by atoms with Crippen molar-refractivity contribution >= 4 is 27.7 Å². The highest BCUT2D eigenvalue weighted by Gasteiger charge is 2.16. The minimum Gasteiger partial charge on any atom is -0.395 e. The fourth-order valence-corrected chi connectivity index (χ4v) is 1.81. The Kier molecular flexibility index (Phi) is 6.42. The molecule has 0 atom stereocenters. The van der Waals surface area contributed by atoms with Gasteiger partial charge < -0.3 is 9.73 Å². The first-order valence-electron chi connectivity index (χ1n) is 5.73. The van der Waals surface area contributed by atoms with E-state index in [9.17, 15) is 14.9 Å². The molecule has 0 fully saturated rings. The van der Waals surface area contributed by atoms with E-state index < -0.39 is 16.7 Å². The average molecular weight is 319 g/mol. The monoisotopic (exact) mass is 318 g/mol. The summed E-state index contributed by atoms with van der Waals surface area (Å²) in [5.74, 6) is -0.858. The summed E-state index contributed by atoms with van der Waals surface area (Å²) in [5, 5.41) is 14.0. The first-order chi connectivity index (χ1) is 8.65. The Hall–Kier alpha value is -1.37. The van der Waals surface area contributed by atoms with Crippen LogP contribution in [-0.4, -0.2) is 22.7 Å². The van der Waals surface area contributed by atoms with Crippen LogP contribution in [0.2, 0.25) is 0 Å². The van der Waals surface area contributed by atoms with Gasteiger partial charge in [-0.2, -0.15) is 0 Å². The highest BCUT2D eigenvalue weighted by Crippen LogP contribution is 2.15. The zero-order chi connectivity index (χ0) is 13.4. The summed E-state index contributed by atoms with van der Waals surface area (Å²) < 4.78 is 4.79. The molecule has 1 amide bonds. The lowest BCUT2D eigenvalue weighted by Gasteiger charge is -2.02. The molecular weight excluding hydrogens is 304 g/mol. The standard InChI is InChI=1S/C11H15BrN2O4/c12-7-3-1-2-4-8-13-11(15)9-5-6-10(18-9)14(16)17/h5-6H,1-4,7-8H2,(H,13,15). The van der Waals surface area contributed by atoms with Crippen molar-refractivity contribution in [1.29, 1.82) is 0 Å². The molecule has 0 aliphatic carbocycles. The second-order valence-electron chi connectivity index (χ2n) is 3.75. The van der Waals surface area contributed by atoms with Crippen LogP contribution in [0.15, 0.2) is 16.5 Å². The van der Waals surface area contributed by atoms with Crippen molar-refractivity contribution in [2.75, 3.05) is 11.9 Å². The molecule has 0 spiro atoms. The van der Waals surface area contributed by atoms with Gasteiger partial charge >= 0.3 is 5.88 Å². The van der Waals surface area contributed by atoms with E-state index in [1.54, 1.807) is 0 Å². The van der Waals surface area contributed by atoms with Crippen molar-refractivity contribution in [3.63, 3.8) is 0 Å². The number of hydrogen-bond acceptors (Lipinski definition) is 4. The van der Waals surface area contributed by atoms with Gasteiger partial charge in [0.25, 0.3) is 5.91 Å². The Morgan fingerprint density at radius 3 is 2.67 bits per heavy atom. The molecule has 100 valence electrons. The first kappa shape index (κ1) is 14.7. The summed E-state index contributed by atoms with van der Waals surface area (Å²) in [6.07, 6.45) is 4.18. The molecule has 1 N–H and O–H groups in total. The number of nitro groups is 1. The number of carbonyl (C=O) groups excluding carboxylic acids is 1. The first-order valence-corrected chi connectivity index (χ1v) is 6.85. The average Bonchev–Trinajstić information content (AvgIpc) is 2.83. The predicted octanol–water partition coefficient (Wildman–Crippen LogP) is 2.87. The maximum Gasteiger partial charge on any atom is 0.433 e. The summed E-state index contributed by atoms with van der Waals surface area (Å²) in [7, 11) is 0. The normalized spacial score (nSPS) is 10.3. The predicted molar refractivity (Wildman–Crippen MR) is 70.0 cm³/mol. The van der Waals surface area contributed by atoms with Crippen LogP contribution in [0.25, 0.3) is 0 Å². The van der Waals surface area contributed by atoms with E-state index in [4.69, 9.17) is 4.42 Å². The molecule has 1 heterocycles. The Labute approximate surface area is 113 Å². The van der Waals surface area contributed by atoms with Gasteiger partial charge in [0.2, 0.25) is 0 Å². The quantitative estimate of drug-likeness (QED) is 0.345. The van der Waals surface area contributed by atoms with Gasteiger partial charge in [0.05, 0.1) is 6.07 Å². The number of rotatable bonds is 8. The Balaban J connectivity index is 2.25. The van der Waals surface area contributed by atoms with Crippen LogP contribution in [0.4, 0.5) is 5.88 Å². The fraction of sp³-hybridized carbons (Fsp3) is 0.545. The molecule has 18 heavy (non-hydrogen) atoms. The van der Waals surface area contributed by atoms with Crippen molar-refractivity contribution in [3.05, 3.63) is 28.0 Å².